The third kappa shape index (κ3) is 2.50. The van der Waals surface area contributed by atoms with E-state index in [9.17, 15) is 0 Å². The van der Waals surface area contributed by atoms with Crippen molar-refractivity contribution in [2.24, 2.45) is 5.11 Å². The van der Waals surface area contributed by atoms with Gasteiger partial charge in [0.15, 0.2) is 13.0 Å². The molecule has 54 valence electrons. The molecular formula is C5H11N4Si+. The fourth-order valence-electron chi connectivity index (χ4n) is 0.431. The second kappa shape index (κ2) is 3.22. The summed E-state index contributed by atoms with van der Waals surface area (Å²) in [5.74, 6) is 0. The van der Waals surface area contributed by atoms with E-state index in [1.165, 1.54) is 6.20 Å². The number of hydrogen-bond acceptors (Lipinski definition) is 3. The molecule has 0 fully saturated rings. The molecule has 0 radical (unpaired) electrons. The maximum absolute atomic E-state index is 8.44. The molecule has 0 saturated carbocycles. The molecule has 4 nitrogen and oxygen atoms in total. The molecule has 10 heavy (non-hydrogen) atoms. The highest BCUT2D eigenvalue weighted by molar-refractivity contribution is 6.83. The van der Waals surface area contributed by atoms with Gasteiger partial charge in [-0.1, -0.05) is 19.6 Å². The first-order chi connectivity index (χ1) is 4.52. The van der Waals surface area contributed by atoms with Gasteiger partial charge in [0.25, 0.3) is 0 Å². The van der Waals surface area contributed by atoms with E-state index in [0.717, 1.165) is 0 Å². The van der Waals surface area contributed by atoms with Crippen LogP contribution in [0.15, 0.2) is 16.6 Å². The van der Waals surface area contributed by atoms with Crippen LogP contribution in [-0.4, -0.2) is 8.07 Å². The maximum atomic E-state index is 8.44. The molecule has 0 unspecified atom stereocenters. The van der Waals surface area contributed by atoms with Crippen molar-refractivity contribution in [2.75, 3.05) is 0 Å². The van der Waals surface area contributed by atoms with E-state index in [-0.39, 0.29) is 0 Å². The molecule has 1 N–H and O–H groups in total. The fraction of sp³-hybridized carbons (Fsp3) is 0.600. The largest absolute Gasteiger partial charge is 0.345 e. The van der Waals surface area contributed by atoms with Crippen LogP contribution in [-0.2, 0) is 0 Å². The van der Waals surface area contributed by atoms with Gasteiger partial charge in [-0.05, 0) is 0 Å². The molecule has 0 aromatic heterocycles. The lowest BCUT2D eigenvalue weighted by Gasteiger charge is -2.00. The monoisotopic (exact) mass is 155 g/mol. The highest BCUT2D eigenvalue weighted by Crippen LogP contribution is 2.14. The molecule has 0 spiro atoms. The predicted molar refractivity (Wildman–Crippen MR) is 41.7 cm³/mol. The first-order valence-corrected chi connectivity index (χ1v) is 6.44. The van der Waals surface area contributed by atoms with E-state index in [1.807, 2.05) is 19.6 Å². The highest BCUT2D eigenvalue weighted by atomic mass is 28.3. The van der Waals surface area contributed by atoms with Gasteiger partial charge >= 0.3 is 5.32 Å². The summed E-state index contributed by atoms with van der Waals surface area (Å²) in [5.41, 5.74) is 6.52. The van der Waals surface area contributed by atoms with E-state index in [0.29, 0.717) is 5.32 Å². The van der Waals surface area contributed by atoms with Crippen molar-refractivity contribution in [3.05, 3.63) is 16.5 Å². The molecule has 5 heteroatoms. The Kier molecular flexibility index (Phi) is 2.89. The second-order valence-electron chi connectivity index (χ2n) is 2.99. The van der Waals surface area contributed by atoms with Gasteiger partial charge in [0.05, 0.1) is 0 Å². The van der Waals surface area contributed by atoms with Crippen LogP contribution in [0.5, 0.6) is 0 Å². The van der Waals surface area contributed by atoms with E-state index in [1.54, 1.807) is 0 Å². The van der Waals surface area contributed by atoms with Gasteiger partial charge < -0.3 is 0 Å². The van der Waals surface area contributed by atoms with Crippen LogP contribution in [0.25, 0.3) is 4.98 Å². The zero-order valence-electron chi connectivity index (χ0n) is 6.42. The van der Waals surface area contributed by atoms with E-state index >= 15 is 0 Å². The Morgan fingerprint density at radius 1 is 1.60 bits per heavy atom. The lowest BCUT2D eigenvalue weighted by Crippen LogP contribution is -2.21. The lowest BCUT2D eigenvalue weighted by atomic mass is 10.9. The topological polar surface area (TPSA) is 64.4 Å². The van der Waals surface area contributed by atoms with Crippen LogP contribution in [0.1, 0.15) is 0 Å². The Morgan fingerprint density at radius 2 is 2.10 bits per heavy atom. The molecule has 0 saturated heterocycles. The summed E-state index contributed by atoms with van der Waals surface area (Å²) >= 11 is 0. The second-order valence-corrected chi connectivity index (χ2v) is 8.01. The van der Waals surface area contributed by atoms with Crippen molar-refractivity contribution in [3.63, 3.8) is 0 Å². The molecule has 0 aliphatic rings. The van der Waals surface area contributed by atoms with Crippen LogP contribution in [0, 0.1) is 10.9 Å². The quantitative estimate of drug-likeness (QED) is 0.372. The summed E-state index contributed by atoms with van der Waals surface area (Å²) in [6.45, 7) is 6.05. The van der Waals surface area contributed by atoms with Gasteiger partial charge in [0, 0.05) is 0 Å². The number of hydrogen-bond donors (Lipinski definition) is 1. The minimum atomic E-state index is -1.58. The summed E-state index contributed by atoms with van der Waals surface area (Å²) in [4.78, 5) is 3.06. The Bertz CT molecular complexity index is 195. The normalized spacial score (nSPS) is 12.4. The predicted octanol–water partition coefficient (Wildman–Crippen LogP) is 2.59. The summed E-state index contributed by atoms with van der Waals surface area (Å²) in [6, 6.07) is 0. The third-order valence-corrected chi connectivity index (χ3v) is 2.83. The van der Waals surface area contributed by atoms with Gasteiger partial charge in [-0.2, -0.15) is 5.11 Å². The average Bonchev–Trinajstić information content (AvgIpc) is 1.80. The maximum Gasteiger partial charge on any atom is 0.345 e. The minimum Gasteiger partial charge on any atom is -0.205 e. The van der Waals surface area contributed by atoms with E-state index in [2.05, 4.69) is 10.1 Å². The van der Waals surface area contributed by atoms with Crippen LogP contribution in [0.4, 0.5) is 0 Å². The Labute approximate surface area is 61.1 Å². The summed E-state index contributed by atoms with van der Waals surface area (Å²) in [6.07, 6.45) is 1.28. The van der Waals surface area contributed by atoms with Crippen molar-refractivity contribution < 1.29 is 0 Å². The summed E-state index contributed by atoms with van der Waals surface area (Å²) in [7, 11) is -1.58. The van der Waals surface area contributed by atoms with Gasteiger partial charge in [0.1, 0.15) is 6.20 Å². The minimum absolute atomic E-state index is 0.544. The van der Waals surface area contributed by atoms with E-state index < -0.39 is 8.07 Å². The molecule has 0 atom stereocenters. The lowest BCUT2D eigenvalue weighted by molar-refractivity contribution is 1.13. The number of diazo groups is 1. The van der Waals surface area contributed by atoms with Crippen LogP contribution in [0.3, 0.4) is 0 Å². The average molecular weight is 155 g/mol. The van der Waals surface area contributed by atoms with Gasteiger partial charge in [0.2, 0.25) is 5.39 Å². The van der Waals surface area contributed by atoms with Gasteiger partial charge in [-0.25, -0.2) is 5.53 Å². The molecule has 0 aromatic rings. The fourth-order valence-corrected chi connectivity index (χ4v) is 1.18. The first kappa shape index (κ1) is 8.98. The molecule has 0 aliphatic heterocycles. The summed E-state index contributed by atoms with van der Waals surface area (Å²) in [5, 5.41) is 12.0. The smallest absolute Gasteiger partial charge is 0.205 e. The van der Waals surface area contributed by atoms with Crippen molar-refractivity contribution in [3.8, 4) is 0 Å². The van der Waals surface area contributed by atoms with E-state index in [4.69, 9.17) is 10.9 Å². The van der Waals surface area contributed by atoms with Crippen LogP contribution >= 0.6 is 0 Å². The number of nitrogens with zero attached hydrogens (tertiary/aromatic N) is 3. The molecule has 0 aliphatic carbocycles. The molecular weight excluding hydrogens is 144 g/mol. The highest BCUT2D eigenvalue weighted by Gasteiger charge is 2.31. The third-order valence-electron chi connectivity index (χ3n) is 1.06. The zero-order valence-corrected chi connectivity index (χ0v) is 7.42. The van der Waals surface area contributed by atoms with Crippen LogP contribution in [0.2, 0.25) is 19.6 Å². The molecule has 0 bridgehead atoms. The summed E-state index contributed by atoms with van der Waals surface area (Å²) < 4.78 is 0. The standard InChI is InChI=1S/C5H11N4Si/c1-10(2,3)5(9-7)4-8-6/h4,6H,1-3H3/q+1. The number of rotatable bonds is 2. The van der Waals surface area contributed by atoms with Gasteiger partial charge in [-0.3, -0.25) is 0 Å². The zero-order chi connectivity index (χ0) is 8.20. The van der Waals surface area contributed by atoms with Crippen molar-refractivity contribution >= 4 is 8.07 Å². The SMILES string of the molecule is C[Si](C)(C)C(=CN=N)[N+]#N. The Hall–Kier alpha value is -1.02. The van der Waals surface area contributed by atoms with Crippen molar-refractivity contribution in [1.82, 2.24) is 0 Å². The Morgan fingerprint density at radius 3 is 2.20 bits per heavy atom. The van der Waals surface area contributed by atoms with Crippen LogP contribution < -0.4 is 0 Å². The first-order valence-electron chi connectivity index (χ1n) is 2.94. The van der Waals surface area contributed by atoms with Crippen molar-refractivity contribution in [2.45, 2.75) is 19.6 Å². The van der Waals surface area contributed by atoms with Gasteiger partial charge in [-0.15, -0.1) is 0 Å². The number of nitrogens with one attached hydrogen (secondary N) is 1. The molecule has 0 heterocycles. The Balaban J connectivity index is 4.57. The molecule has 0 amide bonds. The molecule has 0 aromatic carbocycles. The molecule has 0 rings (SSSR count). The van der Waals surface area contributed by atoms with Crippen molar-refractivity contribution in [1.29, 1.82) is 10.9 Å².